The molecule has 0 spiro atoms. The zero-order chi connectivity index (χ0) is 14.0. The number of benzene rings is 2. The average Bonchev–Trinajstić information content (AvgIpc) is 2.35. The van der Waals surface area contributed by atoms with Gasteiger partial charge in [-0.05, 0) is 24.7 Å². The van der Waals surface area contributed by atoms with Crippen LogP contribution in [0.25, 0.3) is 11.1 Å². The Kier molecular flexibility index (Phi) is 4.12. The fraction of sp³-hybridized carbons (Fsp3) is 0.143. The maximum atomic E-state index is 13.7. The molecule has 0 fully saturated rings. The van der Waals surface area contributed by atoms with E-state index in [1.54, 1.807) is 25.2 Å². The summed E-state index contributed by atoms with van der Waals surface area (Å²) in [7, 11) is 1.79. The number of halogens is 4. The van der Waals surface area contributed by atoms with Crippen LogP contribution in [-0.4, -0.2) is 7.05 Å². The smallest absolute Gasteiger partial charge is 0.161 e. The molecule has 2 aromatic rings. The van der Waals surface area contributed by atoms with E-state index >= 15 is 0 Å². The molecule has 2 rings (SSSR count). The summed E-state index contributed by atoms with van der Waals surface area (Å²) in [6.45, 7) is 0.611. The first-order chi connectivity index (χ1) is 9.02. The van der Waals surface area contributed by atoms with Crippen molar-refractivity contribution in [1.29, 1.82) is 0 Å². The lowest BCUT2D eigenvalue weighted by Crippen LogP contribution is -2.04. The standard InChI is InChI=1S/C14H11ClF3N/c1-19-7-8-2-3-9(11(15)4-8)10-5-13(17)14(18)6-12(10)16/h2-6,19H,7H2,1H3. The summed E-state index contributed by atoms with van der Waals surface area (Å²) in [5, 5.41) is 3.25. The van der Waals surface area contributed by atoms with Gasteiger partial charge >= 0.3 is 0 Å². The second kappa shape index (κ2) is 5.63. The SMILES string of the molecule is CNCc1ccc(-c2cc(F)c(F)cc2F)c(Cl)c1. The van der Waals surface area contributed by atoms with Gasteiger partial charge in [0.05, 0.1) is 0 Å². The van der Waals surface area contributed by atoms with E-state index in [1.165, 1.54) is 0 Å². The van der Waals surface area contributed by atoms with Crippen molar-refractivity contribution < 1.29 is 13.2 Å². The lowest BCUT2D eigenvalue weighted by molar-refractivity contribution is 0.496. The van der Waals surface area contributed by atoms with Gasteiger partial charge in [-0.2, -0.15) is 0 Å². The van der Waals surface area contributed by atoms with Crippen LogP contribution in [0.3, 0.4) is 0 Å². The maximum Gasteiger partial charge on any atom is 0.161 e. The summed E-state index contributed by atoms with van der Waals surface area (Å²) < 4.78 is 39.7. The van der Waals surface area contributed by atoms with Gasteiger partial charge in [-0.1, -0.05) is 23.7 Å². The monoisotopic (exact) mass is 285 g/mol. The molecule has 5 heteroatoms. The summed E-state index contributed by atoms with van der Waals surface area (Å²) in [6, 6.07) is 6.32. The highest BCUT2D eigenvalue weighted by atomic mass is 35.5. The van der Waals surface area contributed by atoms with Crippen LogP contribution in [0.1, 0.15) is 5.56 Å². The molecule has 0 amide bonds. The van der Waals surface area contributed by atoms with Gasteiger partial charge in [0.25, 0.3) is 0 Å². The van der Waals surface area contributed by atoms with Gasteiger partial charge in [-0.25, -0.2) is 13.2 Å². The van der Waals surface area contributed by atoms with Crippen LogP contribution in [0.4, 0.5) is 13.2 Å². The van der Waals surface area contributed by atoms with Crippen LogP contribution >= 0.6 is 11.6 Å². The largest absolute Gasteiger partial charge is 0.316 e. The third-order valence-corrected chi connectivity index (χ3v) is 3.03. The molecule has 100 valence electrons. The van der Waals surface area contributed by atoms with Gasteiger partial charge in [0.1, 0.15) is 5.82 Å². The van der Waals surface area contributed by atoms with Crippen molar-refractivity contribution >= 4 is 11.6 Å². The predicted octanol–water partition coefficient (Wildman–Crippen LogP) is 4.14. The Morgan fingerprint density at radius 1 is 0.947 bits per heavy atom. The fourth-order valence-electron chi connectivity index (χ4n) is 1.82. The van der Waals surface area contributed by atoms with E-state index in [2.05, 4.69) is 5.32 Å². The number of hydrogen-bond donors (Lipinski definition) is 1. The van der Waals surface area contributed by atoms with Crippen LogP contribution in [0.2, 0.25) is 5.02 Å². The lowest BCUT2D eigenvalue weighted by Gasteiger charge is -2.09. The summed E-state index contributed by atoms with van der Waals surface area (Å²) in [4.78, 5) is 0. The molecular formula is C14H11ClF3N. The zero-order valence-electron chi connectivity index (χ0n) is 10.1. The first-order valence-electron chi connectivity index (χ1n) is 5.61. The Bertz CT molecular complexity index is 614. The summed E-state index contributed by atoms with van der Waals surface area (Å²) in [6.07, 6.45) is 0. The van der Waals surface area contributed by atoms with Gasteiger partial charge in [-0.15, -0.1) is 0 Å². The molecule has 0 unspecified atom stereocenters. The minimum atomic E-state index is -1.22. The molecule has 0 radical (unpaired) electrons. The fourth-order valence-corrected chi connectivity index (χ4v) is 2.13. The Morgan fingerprint density at radius 2 is 1.63 bits per heavy atom. The van der Waals surface area contributed by atoms with E-state index in [4.69, 9.17) is 11.6 Å². The first kappa shape index (κ1) is 13.9. The number of hydrogen-bond acceptors (Lipinski definition) is 1. The molecule has 0 aromatic heterocycles. The third-order valence-electron chi connectivity index (χ3n) is 2.71. The van der Waals surface area contributed by atoms with Crippen molar-refractivity contribution in [2.75, 3.05) is 7.05 Å². The summed E-state index contributed by atoms with van der Waals surface area (Å²) >= 11 is 6.05. The van der Waals surface area contributed by atoms with Crippen molar-refractivity contribution in [3.05, 3.63) is 58.4 Å². The van der Waals surface area contributed by atoms with Gasteiger partial charge in [0, 0.05) is 28.8 Å². The summed E-state index contributed by atoms with van der Waals surface area (Å²) in [5.74, 6) is -3.17. The lowest BCUT2D eigenvalue weighted by atomic mass is 10.0. The van der Waals surface area contributed by atoms with Gasteiger partial charge in [0.2, 0.25) is 0 Å². The molecular weight excluding hydrogens is 275 g/mol. The molecule has 0 saturated carbocycles. The predicted molar refractivity (Wildman–Crippen MR) is 69.5 cm³/mol. The van der Waals surface area contributed by atoms with Crippen molar-refractivity contribution in [3.63, 3.8) is 0 Å². The quantitative estimate of drug-likeness (QED) is 0.836. The van der Waals surface area contributed by atoms with Crippen LogP contribution < -0.4 is 5.32 Å². The molecule has 0 saturated heterocycles. The average molecular weight is 286 g/mol. The highest BCUT2D eigenvalue weighted by molar-refractivity contribution is 6.33. The third kappa shape index (κ3) is 2.91. The molecule has 19 heavy (non-hydrogen) atoms. The number of nitrogens with one attached hydrogen (secondary N) is 1. The normalized spacial score (nSPS) is 10.8. The van der Waals surface area contributed by atoms with Gasteiger partial charge in [-0.3, -0.25) is 0 Å². The molecule has 0 heterocycles. The Labute approximate surface area is 114 Å². The van der Waals surface area contributed by atoms with E-state index in [0.29, 0.717) is 18.2 Å². The van der Waals surface area contributed by atoms with E-state index in [9.17, 15) is 13.2 Å². The van der Waals surface area contributed by atoms with Crippen LogP contribution in [0.15, 0.2) is 30.3 Å². The van der Waals surface area contributed by atoms with Crippen molar-refractivity contribution in [2.45, 2.75) is 6.54 Å². The van der Waals surface area contributed by atoms with E-state index < -0.39 is 17.5 Å². The molecule has 1 N–H and O–H groups in total. The van der Waals surface area contributed by atoms with Crippen LogP contribution in [0.5, 0.6) is 0 Å². The Hall–Kier alpha value is -1.52. The highest BCUT2D eigenvalue weighted by Gasteiger charge is 2.14. The molecule has 1 nitrogen and oxygen atoms in total. The van der Waals surface area contributed by atoms with Crippen molar-refractivity contribution in [3.8, 4) is 11.1 Å². The highest BCUT2D eigenvalue weighted by Crippen LogP contribution is 2.31. The summed E-state index contributed by atoms with van der Waals surface area (Å²) in [5.41, 5.74) is 1.19. The molecule has 0 atom stereocenters. The van der Waals surface area contributed by atoms with Crippen LogP contribution in [0, 0.1) is 17.5 Å². The van der Waals surface area contributed by atoms with Crippen molar-refractivity contribution in [1.82, 2.24) is 5.32 Å². The molecule has 0 bridgehead atoms. The molecule has 0 aliphatic heterocycles. The van der Waals surface area contributed by atoms with Gasteiger partial charge < -0.3 is 5.32 Å². The second-order valence-corrected chi connectivity index (χ2v) is 4.50. The van der Waals surface area contributed by atoms with E-state index in [-0.39, 0.29) is 10.6 Å². The van der Waals surface area contributed by atoms with Gasteiger partial charge in [0.15, 0.2) is 11.6 Å². The Balaban J connectivity index is 2.50. The van der Waals surface area contributed by atoms with E-state index in [0.717, 1.165) is 11.6 Å². The number of rotatable bonds is 3. The Morgan fingerprint density at radius 3 is 2.26 bits per heavy atom. The second-order valence-electron chi connectivity index (χ2n) is 4.09. The van der Waals surface area contributed by atoms with Crippen molar-refractivity contribution in [2.24, 2.45) is 0 Å². The maximum absolute atomic E-state index is 13.7. The molecule has 0 aliphatic rings. The molecule has 0 aliphatic carbocycles. The van der Waals surface area contributed by atoms with Crippen LogP contribution in [-0.2, 0) is 6.54 Å². The van der Waals surface area contributed by atoms with E-state index in [1.807, 2.05) is 0 Å². The first-order valence-corrected chi connectivity index (χ1v) is 5.98. The minimum Gasteiger partial charge on any atom is -0.316 e. The zero-order valence-corrected chi connectivity index (χ0v) is 10.9. The minimum absolute atomic E-state index is 0.0556. The molecule has 2 aromatic carbocycles. The topological polar surface area (TPSA) is 12.0 Å².